The van der Waals surface area contributed by atoms with Crippen LogP contribution in [-0.4, -0.2) is 36.9 Å². The maximum absolute atomic E-state index is 12.2. The second-order valence-electron chi connectivity index (χ2n) is 5.44. The van der Waals surface area contributed by atoms with E-state index in [1.165, 1.54) is 19.1 Å². The monoisotopic (exact) mass is 291 g/mol. The van der Waals surface area contributed by atoms with Crippen molar-refractivity contribution < 1.29 is 24.2 Å². The van der Waals surface area contributed by atoms with Gasteiger partial charge in [0, 0.05) is 12.8 Å². The Kier molecular flexibility index (Phi) is 2.95. The van der Waals surface area contributed by atoms with Gasteiger partial charge in [-0.25, -0.2) is 0 Å². The van der Waals surface area contributed by atoms with E-state index in [9.17, 15) is 14.7 Å². The number of ether oxygens (including phenoxy) is 2. The van der Waals surface area contributed by atoms with Crippen LogP contribution in [0, 0.1) is 6.92 Å². The zero-order valence-corrected chi connectivity index (χ0v) is 12.2. The Bertz CT molecular complexity index is 641. The Morgan fingerprint density at radius 3 is 2.76 bits per heavy atom. The highest BCUT2D eigenvalue weighted by Crippen LogP contribution is 2.53. The van der Waals surface area contributed by atoms with Crippen LogP contribution in [0.25, 0.3) is 0 Å². The minimum Gasteiger partial charge on any atom is -0.496 e. The van der Waals surface area contributed by atoms with E-state index < -0.39 is 17.6 Å². The van der Waals surface area contributed by atoms with Crippen LogP contribution in [0.1, 0.15) is 29.9 Å². The molecule has 2 aliphatic rings. The molecule has 0 aliphatic carbocycles. The van der Waals surface area contributed by atoms with E-state index in [0.717, 1.165) is 5.56 Å². The van der Waals surface area contributed by atoms with Gasteiger partial charge in [0.1, 0.15) is 11.7 Å². The number of fused-ring (bicyclic) bond motifs is 3. The molecule has 2 heterocycles. The number of aryl methyl sites for hydroxylation is 1. The van der Waals surface area contributed by atoms with Crippen molar-refractivity contribution in [2.45, 2.75) is 31.4 Å². The number of esters is 1. The SMILES string of the molecule is COC(=O)C1c2cc(OC)c(C)cc2N2C(=O)CCC12O. The van der Waals surface area contributed by atoms with Gasteiger partial charge in [0.05, 0.1) is 19.9 Å². The number of hydrogen-bond acceptors (Lipinski definition) is 5. The minimum absolute atomic E-state index is 0.185. The van der Waals surface area contributed by atoms with Gasteiger partial charge in [-0.15, -0.1) is 0 Å². The van der Waals surface area contributed by atoms with Crippen molar-refractivity contribution in [2.24, 2.45) is 0 Å². The molecule has 0 bridgehead atoms. The molecule has 0 aromatic heterocycles. The number of carbonyl (C=O) groups is 2. The number of anilines is 1. The molecule has 2 aliphatic heterocycles. The predicted molar refractivity (Wildman–Crippen MR) is 74.2 cm³/mol. The number of nitrogens with zero attached hydrogens (tertiary/aromatic N) is 1. The number of hydrogen-bond donors (Lipinski definition) is 1. The predicted octanol–water partition coefficient (Wildman–Crippen LogP) is 1.09. The first kappa shape index (κ1) is 13.9. The third kappa shape index (κ3) is 1.68. The standard InChI is InChI=1S/C15H17NO5/c1-8-6-10-9(7-11(8)20-2)13(14(18)21-3)15(19)5-4-12(17)16(10)15/h6-7,13,19H,4-5H2,1-3H3. The molecule has 1 aromatic rings. The van der Waals surface area contributed by atoms with Gasteiger partial charge in [-0.2, -0.15) is 0 Å². The Morgan fingerprint density at radius 2 is 2.14 bits per heavy atom. The van der Waals surface area contributed by atoms with E-state index >= 15 is 0 Å². The second kappa shape index (κ2) is 4.46. The van der Waals surface area contributed by atoms with Crippen LogP contribution in [0.4, 0.5) is 5.69 Å². The average molecular weight is 291 g/mol. The lowest BCUT2D eigenvalue weighted by Gasteiger charge is -2.30. The topological polar surface area (TPSA) is 76.1 Å². The molecule has 0 spiro atoms. The third-order valence-electron chi connectivity index (χ3n) is 4.34. The summed E-state index contributed by atoms with van der Waals surface area (Å²) in [6.07, 6.45) is 0.427. The van der Waals surface area contributed by atoms with Crippen molar-refractivity contribution in [3.8, 4) is 5.75 Å². The molecule has 6 heteroatoms. The summed E-state index contributed by atoms with van der Waals surface area (Å²) < 4.78 is 10.1. The molecule has 0 radical (unpaired) electrons. The molecule has 2 unspecified atom stereocenters. The Hall–Kier alpha value is -2.08. The summed E-state index contributed by atoms with van der Waals surface area (Å²) in [5.74, 6) is -1.03. The van der Waals surface area contributed by atoms with Crippen LogP contribution >= 0.6 is 0 Å². The van der Waals surface area contributed by atoms with Gasteiger partial charge < -0.3 is 14.6 Å². The highest BCUT2D eigenvalue weighted by Gasteiger charge is 2.60. The quantitative estimate of drug-likeness (QED) is 0.825. The molecular formula is C15H17NO5. The molecule has 1 fully saturated rings. The van der Waals surface area contributed by atoms with Gasteiger partial charge >= 0.3 is 5.97 Å². The minimum atomic E-state index is -1.54. The van der Waals surface area contributed by atoms with E-state index in [-0.39, 0.29) is 18.7 Å². The number of carbonyl (C=O) groups excluding carboxylic acids is 2. The normalized spacial score (nSPS) is 26.6. The number of amides is 1. The molecule has 0 saturated carbocycles. The first-order valence-electron chi connectivity index (χ1n) is 6.76. The summed E-state index contributed by atoms with van der Waals surface area (Å²) in [5, 5.41) is 10.9. The molecule has 112 valence electrons. The van der Waals surface area contributed by atoms with E-state index in [2.05, 4.69) is 0 Å². The molecule has 6 nitrogen and oxygen atoms in total. The smallest absolute Gasteiger partial charge is 0.318 e. The zero-order valence-electron chi connectivity index (χ0n) is 12.2. The van der Waals surface area contributed by atoms with Crippen molar-refractivity contribution in [2.75, 3.05) is 19.1 Å². The molecule has 3 rings (SSSR count). The molecule has 1 saturated heterocycles. The van der Waals surface area contributed by atoms with E-state index in [0.29, 0.717) is 17.0 Å². The van der Waals surface area contributed by atoms with Crippen molar-refractivity contribution >= 4 is 17.6 Å². The van der Waals surface area contributed by atoms with Gasteiger partial charge in [-0.1, -0.05) is 0 Å². The van der Waals surface area contributed by atoms with Gasteiger partial charge in [0.15, 0.2) is 5.72 Å². The van der Waals surface area contributed by atoms with Gasteiger partial charge in [-0.05, 0) is 30.2 Å². The summed E-state index contributed by atoms with van der Waals surface area (Å²) in [4.78, 5) is 25.6. The van der Waals surface area contributed by atoms with Gasteiger partial charge in [0.25, 0.3) is 0 Å². The molecule has 1 amide bonds. The van der Waals surface area contributed by atoms with Crippen molar-refractivity contribution in [1.29, 1.82) is 0 Å². The van der Waals surface area contributed by atoms with Crippen molar-refractivity contribution in [3.05, 3.63) is 23.3 Å². The first-order chi connectivity index (χ1) is 9.93. The van der Waals surface area contributed by atoms with Crippen LogP contribution in [0.3, 0.4) is 0 Å². The molecule has 1 aromatic carbocycles. The second-order valence-corrected chi connectivity index (χ2v) is 5.44. The molecule has 21 heavy (non-hydrogen) atoms. The third-order valence-corrected chi connectivity index (χ3v) is 4.34. The Labute approximate surface area is 122 Å². The summed E-state index contributed by atoms with van der Waals surface area (Å²) in [6, 6.07) is 3.47. The van der Waals surface area contributed by atoms with Crippen LogP contribution in [0.5, 0.6) is 5.75 Å². The van der Waals surface area contributed by atoms with Crippen molar-refractivity contribution in [3.63, 3.8) is 0 Å². The lowest BCUT2D eigenvalue weighted by molar-refractivity contribution is -0.148. The molecular weight excluding hydrogens is 274 g/mol. The molecule has 2 atom stereocenters. The Morgan fingerprint density at radius 1 is 1.43 bits per heavy atom. The van der Waals surface area contributed by atoms with Crippen LogP contribution in [-0.2, 0) is 14.3 Å². The lowest BCUT2D eigenvalue weighted by atomic mass is 9.89. The van der Waals surface area contributed by atoms with Crippen LogP contribution in [0.2, 0.25) is 0 Å². The van der Waals surface area contributed by atoms with E-state index in [4.69, 9.17) is 9.47 Å². The number of rotatable bonds is 2. The lowest BCUT2D eigenvalue weighted by Crippen LogP contribution is -2.48. The maximum atomic E-state index is 12.2. The highest BCUT2D eigenvalue weighted by atomic mass is 16.5. The highest BCUT2D eigenvalue weighted by molar-refractivity contribution is 6.03. The number of aliphatic hydroxyl groups is 1. The zero-order chi connectivity index (χ0) is 15.4. The fraction of sp³-hybridized carbons (Fsp3) is 0.467. The summed E-state index contributed by atoms with van der Waals surface area (Å²) in [5.41, 5.74) is 0.433. The van der Waals surface area contributed by atoms with Crippen LogP contribution < -0.4 is 9.64 Å². The molecule has 1 N–H and O–H groups in total. The summed E-state index contributed by atoms with van der Waals surface area (Å²) in [6.45, 7) is 1.85. The fourth-order valence-corrected chi connectivity index (χ4v) is 3.36. The number of methoxy groups -OCH3 is 2. The number of benzene rings is 1. The average Bonchev–Trinajstić information content (AvgIpc) is 2.88. The van der Waals surface area contributed by atoms with E-state index in [1.807, 2.05) is 6.92 Å². The van der Waals surface area contributed by atoms with Crippen molar-refractivity contribution in [1.82, 2.24) is 0 Å². The summed E-state index contributed by atoms with van der Waals surface area (Å²) >= 11 is 0. The van der Waals surface area contributed by atoms with E-state index in [1.54, 1.807) is 12.1 Å². The van der Waals surface area contributed by atoms with Crippen LogP contribution in [0.15, 0.2) is 12.1 Å². The summed E-state index contributed by atoms with van der Waals surface area (Å²) in [7, 11) is 2.81. The van der Waals surface area contributed by atoms with Gasteiger partial charge in [0.2, 0.25) is 5.91 Å². The maximum Gasteiger partial charge on any atom is 0.318 e. The van der Waals surface area contributed by atoms with Gasteiger partial charge in [-0.3, -0.25) is 14.5 Å². The Balaban J connectivity index is 2.24. The largest absolute Gasteiger partial charge is 0.496 e. The first-order valence-corrected chi connectivity index (χ1v) is 6.76. The fourth-order valence-electron chi connectivity index (χ4n) is 3.36.